The molecule has 2 aromatic rings. The van der Waals surface area contributed by atoms with Crippen LogP contribution in [-0.4, -0.2) is 28.8 Å². The highest BCUT2D eigenvalue weighted by Gasteiger charge is 2.28. The minimum Gasteiger partial charge on any atom is -0.352 e. The monoisotopic (exact) mass is 408 g/mol. The molecule has 30 heavy (non-hydrogen) atoms. The van der Waals surface area contributed by atoms with Crippen LogP contribution >= 0.6 is 0 Å². The molecule has 0 heterocycles. The van der Waals surface area contributed by atoms with Crippen molar-refractivity contribution >= 4 is 11.8 Å². The van der Waals surface area contributed by atoms with Gasteiger partial charge in [0, 0.05) is 19.0 Å². The normalized spacial score (nSPS) is 12.8. The summed E-state index contributed by atoms with van der Waals surface area (Å²) in [5, 5.41) is 3.06. The van der Waals surface area contributed by atoms with Crippen molar-refractivity contribution in [3.05, 3.63) is 70.8 Å². The zero-order chi connectivity index (χ0) is 22.1. The maximum Gasteiger partial charge on any atom is 0.243 e. The molecule has 0 fully saturated rings. The summed E-state index contributed by atoms with van der Waals surface area (Å²) in [7, 11) is 0. The summed E-state index contributed by atoms with van der Waals surface area (Å²) in [4.78, 5) is 28.0. The van der Waals surface area contributed by atoms with Crippen molar-refractivity contribution in [3.8, 4) is 0 Å². The van der Waals surface area contributed by atoms with Gasteiger partial charge in [-0.05, 0) is 51.2 Å². The van der Waals surface area contributed by atoms with Gasteiger partial charge in [-0.3, -0.25) is 9.59 Å². The summed E-state index contributed by atoms with van der Waals surface area (Å²) < 4.78 is 0. The Morgan fingerprint density at radius 3 is 1.90 bits per heavy atom. The molecule has 162 valence electrons. The third-order valence-electron chi connectivity index (χ3n) is 5.61. The third kappa shape index (κ3) is 7.01. The van der Waals surface area contributed by atoms with E-state index in [1.54, 1.807) is 4.90 Å². The van der Waals surface area contributed by atoms with Gasteiger partial charge in [0.2, 0.25) is 11.8 Å². The zero-order valence-corrected chi connectivity index (χ0v) is 19.1. The fraction of sp³-hybridized carbons (Fsp3) is 0.462. The summed E-state index contributed by atoms with van der Waals surface area (Å²) in [5.41, 5.74) is 4.57. The van der Waals surface area contributed by atoms with Gasteiger partial charge in [0.05, 0.1) is 0 Å². The van der Waals surface area contributed by atoms with Crippen molar-refractivity contribution in [1.29, 1.82) is 0 Å². The van der Waals surface area contributed by atoms with Crippen LogP contribution < -0.4 is 5.32 Å². The first-order chi connectivity index (χ1) is 14.3. The molecule has 2 atom stereocenters. The fourth-order valence-corrected chi connectivity index (χ4v) is 3.40. The molecule has 0 spiro atoms. The molecule has 0 aliphatic rings. The van der Waals surface area contributed by atoms with Crippen molar-refractivity contribution in [2.45, 2.75) is 78.9 Å². The standard InChI is InChI=1S/C26H36N2O2/c1-6-21(5)27-26(30)24(7-2)28(18-23-14-10-20(4)11-15-23)25(29)17-16-22-12-8-19(3)9-13-22/h8-15,21,24H,6-7,16-18H2,1-5H3,(H,27,30)/t21-,24-/m1/s1. The number of carbonyl (C=O) groups excluding carboxylic acids is 2. The molecular weight excluding hydrogens is 372 g/mol. The minimum atomic E-state index is -0.467. The van der Waals surface area contributed by atoms with Crippen LogP contribution in [0.2, 0.25) is 0 Å². The summed E-state index contributed by atoms with van der Waals surface area (Å²) in [5.74, 6) is -0.0510. The largest absolute Gasteiger partial charge is 0.352 e. The van der Waals surface area contributed by atoms with Gasteiger partial charge in [-0.1, -0.05) is 73.5 Å². The van der Waals surface area contributed by atoms with Gasteiger partial charge >= 0.3 is 0 Å². The second kappa shape index (κ2) is 11.5. The van der Waals surface area contributed by atoms with Gasteiger partial charge in [0.1, 0.15) is 6.04 Å². The first kappa shape index (κ1) is 23.7. The van der Waals surface area contributed by atoms with Crippen LogP contribution in [0.1, 0.15) is 62.3 Å². The van der Waals surface area contributed by atoms with Gasteiger partial charge in [-0.15, -0.1) is 0 Å². The fourth-order valence-electron chi connectivity index (χ4n) is 3.40. The average Bonchev–Trinajstić information content (AvgIpc) is 2.74. The van der Waals surface area contributed by atoms with E-state index < -0.39 is 6.04 Å². The van der Waals surface area contributed by atoms with Gasteiger partial charge < -0.3 is 10.2 Å². The molecule has 0 unspecified atom stereocenters. The number of hydrogen-bond acceptors (Lipinski definition) is 2. The molecule has 0 bridgehead atoms. The van der Waals surface area contributed by atoms with Crippen molar-refractivity contribution < 1.29 is 9.59 Å². The number of nitrogens with zero attached hydrogens (tertiary/aromatic N) is 1. The molecule has 2 rings (SSSR count). The van der Waals surface area contributed by atoms with E-state index in [-0.39, 0.29) is 17.9 Å². The predicted octanol–water partition coefficient (Wildman–Crippen LogP) is 4.96. The van der Waals surface area contributed by atoms with Crippen LogP contribution in [0.3, 0.4) is 0 Å². The Balaban J connectivity index is 2.19. The van der Waals surface area contributed by atoms with Crippen molar-refractivity contribution in [3.63, 3.8) is 0 Å². The predicted molar refractivity (Wildman–Crippen MR) is 123 cm³/mol. The molecule has 0 radical (unpaired) electrons. The SMILES string of the molecule is CC[C@@H](C)NC(=O)[C@@H](CC)N(Cc1ccc(C)cc1)C(=O)CCc1ccc(C)cc1. The summed E-state index contributed by atoms with van der Waals surface area (Å²) in [6.45, 7) is 10.6. The molecule has 0 aliphatic heterocycles. The lowest BCUT2D eigenvalue weighted by atomic mass is 10.0. The Bertz CT molecular complexity index is 812. The maximum absolute atomic E-state index is 13.3. The number of benzene rings is 2. The van der Waals surface area contributed by atoms with Crippen molar-refractivity contribution in [1.82, 2.24) is 10.2 Å². The summed E-state index contributed by atoms with van der Waals surface area (Å²) in [6.07, 6.45) is 2.51. The van der Waals surface area contributed by atoms with E-state index in [4.69, 9.17) is 0 Å². The quantitative estimate of drug-likeness (QED) is 0.604. The first-order valence-corrected chi connectivity index (χ1v) is 11.0. The van der Waals surface area contributed by atoms with E-state index in [9.17, 15) is 9.59 Å². The summed E-state index contributed by atoms with van der Waals surface area (Å²) in [6, 6.07) is 16.1. The van der Waals surface area contributed by atoms with Crippen LogP contribution in [0, 0.1) is 13.8 Å². The molecule has 2 aromatic carbocycles. The molecule has 0 saturated heterocycles. The molecule has 2 amide bonds. The van der Waals surface area contributed by atoms with Gasteiger partial charge in [0.15, 0.2) is 0 Å². The Hall–Kier alpha value is -2.62. The van der Waals surface area contributed by atoms with Gasteiger partial charge in [0.25, 0.3) is 0 Å². The van der Waals surface area contributed by atoms with E-state index in [0.29, 0.717) is 25.8 Å². The molecule has 0 saturated carbocycles. The summed E-state index contributed by atoms with van der Waals surface area (Å²) >= 11 is 0. The maximum atomic E-state index is 13.3. The highest BCUT2D eigenvalue weighted by molar-refractivity contribution is 5.87. The molecule has 4 heteroatoms. The van der Waals surface area contributed by atoms with Crippen LogP contribution in [0.4, 0.5) is 0 Å². The van der Waals surface area contributed by atoms with Gasteiger partial charge in [-0.2, -0.15) is 0 Å². The number of carbonyl (C=O) groups is 2. The molecule has 4 nitrogen and oxygen atoms in total. The Morgan fingerprint density at radius 2 is 1.40 bits per heavy atom. The number of amides is 2. The topological polar surface area (TPSA) is 49.4 Å². The number of aryl methyl sites for hydroxylation is 3. The zero-order valence-electron chi connectivity index (χ0n) is 19.1. The molecule has 0 aliphatic carbocycles. The van der Waals surface area contributed by atoms with Crippen molar-refractivity contribution in [2.24, 2.45) is 0 Å². The molecule has 0 aromatic heterocycles. The van der Waals surface area contributed by atoms with Crippen LogP contribution in [-0.2, 0) is 22.6 Å². The molecule has 1 N–H and O–H groups in total. The highest BCUT2D eigenvalue weighted by Crippen LogP contribution is 2.16. The van der Waals surface area contributed by atoms with Crippen LogP contribution in [0.5, 0.6) is 0 Å². The Labute approximate surface area is 181 Å². The van der Waals surface area contributed by atoms with Crippen LogP contribution in [0.25, 0.3) is 0 Å². The third-order valence-corrected chi connectivity index (χ3v) is 5.61. The lowest BCUT2D eigenvalue weighted by Crippen LogP contribution is -2.50. The molecular formula is C26H36N2O2. The van der Waals surface area contributed by atoms with E-state index in [1.165, 1.54) is 11.1 Å². The van der Waals surface area contributed by atoms with Crippen LogP contribution in [0.15, 0.2) is 48.5 Å². The number of hydrogen-bond donors (Lipinski definition) is 1. The van der Waals surface area contributed by atoms with E-state index in [0.717, 1.165) is 17.5 Å². The lowest BCUT2D eigenvalue weighted by Gasteiger charge is -2.31. The lowest BCUT2D eigenvalue weighted by molar-refractivity contribution is -0.141. The smallest absolute Gasteiger partial charge is 0.243 e. The number of nitrogens with one attached hydrogen (secondary N) is 1. The van der Waals surface area contributed by atoms with E-state index in [2.05, 4.69) is 36.5 Å². The highest BCUT2D eigenvalue weighted by atomic mass is 16.2. The minimum absolute atomic E-state index is 0.0160. The Morgan fingerprint density at radius 1 is 0.867 bits per heavy atom. The average molecular weight is 409 g/mol. The van der Waals surface area contributed by atoms with E-state index in [1.807, 2.05) is 52.0 Å². The second-order valence-electron chi connectivity index (χ2n) is 8.23. The number of rotatable bonds is 10. The van der Waals surface area contributed by atoms with Crippen molar-refractivity contribution in [2.75, 3.05) is 0 Å². The second-order valence-corrected chi connectivity index (χ2v) is 8.23. The Kier molecular flexibility index (Phi) is 9.10. The van der Waals surface area contributed by atoms with Gasteiger partial charge in [-0.25, -0.2) is 0 Å². The van der Waals surface area contributed by atoms with E-state index >= 15 is 0 Å². The first-order valence-electron chi connectivity index (χ1n) is 11.0.